The highest BCUT2D eigenvalue weighted by molar-refractivity contribution is 5.76. The van der Waals surface area contributed by atoms with E-state index >= 15 is 0 Å². The number of hydrogen-bond acceptors (Lipinski definition) is 12. The molecule has 0 radical (unpaired) electrons. The number of aliphatic hydroxyl groups excluding tert-OH is 3. The Balaban J connectivity index is 0.920. The third-order valence-electron chi connectivity index (χ3n) is 14.0. The van der Waals surface area contributed by atoms with E-state index in [1.807, 2.05) is 19.9 Å². The first-order valence-electron chi connectivity index (χ1n) is 21.7. The largest absolute Gasteiger partial charge is 0.479 e. The Labute approximate surface area is 337 Å². The predicted octanol–water partition coefficient (Wildman–Crippen LogP) is 5.21. The van der Waals surface area contributed by atoms with E-state index in [1.165, 1.54) is 6.92 Å². The minimum Gasteiger partial charge on any atom is -0.479 e. The molecule has 0 bridgehead atoms. The molecule has 7 aliphatic rings. The van der Waals surface area contributed by atoms with Crippen LogP contribution in [-0.4, -0.2) is 122 Å². The number of hydrogen-bond donors (Lipinski definition) is 5. The van der Waals surface area contributed by atoms with Crippen LogP contribution < -0.4 is 0 Å². The first-order valence-corrected chi connectivity index (χ1v) is 21.7. The van der Waals surface area contributed by atoms with Crippen LogP contribution in [0.5, 0.6) is 0 Å². The zero-order valence-electron chi connectivity index (χ0n) is 34.6. The van der Waals surface area contributed by atoms with E-state index in [2.05, 4.69) is 26.5 Å². The number of carboxylic acids is 1. The molecule has 7 heterocycles. The Morgan fingerprint density at radius 1 is 1.00 bits per heavy atom. The molecular formula is C44H68O13. The number of rotatable bonds is 10. The van der Waals surface area contributed by atoms with Crippen LogP contribution in [0.15, 0.2) is 36.0 Å². The van der Waals surface area contributed by atoms with Crippen molar-refractivity contribution in [2.75, 3.05) is 6.61 Å². The SMILES string of the molecule is C=C1[C@@H](O)C2O[C@@]3(CCC2O[C@@H]1[C@@H](O)C[C@H](C)[C@H]1O[C@@]2(CCCCO2)CC[C@H]1C)CC[C@H](/C=C/[C@@H](C)C1CC(C)=C[C@]2(O1)O[C@@H](C[C@@](C)(O)C(=O)O)CC[C@H]2O)O3. The summed E-state index contributed by atoms with van der Waals surface area (Å²) in [4.78, 5) is 11.6. The van der Waals surface area contributed by atoms with Crippen molar-refractivity contribution in [3.8, 4) is 0 Å². The van der Waals surface area contributed by atoms with Crippen molar-refractivity contribution in [2.24, 2.45) is 17.8 Å². The van der Waals surface area contributed by atoms with Crippen LogP contribution in [-0.2, 0) is 38.0 Å². The molecule has 7 rings (SSSR count). The summed E-state index contributed by atoms with van der Waals surface area (Å²) in [6, 6.07) is 0. The van der Waals surface area contributed by atoms with Gasteiger partial charge in [-0.3, -0.25) is 0 Å². The monoisotopic (exact) mass is 804 g/mol. The topological polar surface area (TPSA) is 183 Å². The standard InChI is InChI=1S/C44H68O13/c1-25-21-34(55-44(23-25)35(46)12-11-31(54-44)24-41(6,50)40(48)49)26(2)9-10-30-14-18-43(53-30)19-15-33-39(57-43)36(47)29(5)38(52-33)32(45)22-28(4)37-27(3)13-17-42(56-37)16-7-8-20-51-42/h9-10,23,26-28,30-39,45-47,50H,5,7-8,11-22,24H2,1-4,6H3,(H,48,49)/b10-9+/t26-,27-,28+,30+,31-,32+,33?,34?,35-,36-,37+,38+,39?,41-,42+,43-,44-/m1/s1. The maximum Gasteiger partial charge on any atom is 0.335 e. The van der Waals surface area contributed by atoms with Crippen LogP contribution >= 0.6 is 0 Å². The van der Waals surface area contributed by atoms with Gasteiger partial charge in [-0.2, -0.15) is 0 Å². The van der Waals surface area contributed by atoms with Crippen LogP contribution in [0.2, 0.25) is 0 Å². The molecule has 0 amide bonds. The Bertz CT molecular complexity index is 1510. The van der Waals surface area contributed by atoms with E-state index in [9.17, 15) is 30.3 Å². The summed E-state index contributed by atoms with van der Waals surface area (Å²) < 4.78 is 45.2. The molecule has 0 aliphatic carbocycles. The predicted molar refractivity (Wildman–Crippen MR) is 208 cm³/mol. The number of fused-ring (bicyclic) bond motifs is 1. The Morgan fingerprint density at radius 3 is 2.49 bits per heavy atom. The first kappa shape index (κ1) is 43.3. The maximum absolute atomic E-state index is 11.6. The number of aliphatic hydroxyl groups is 4. The van der Waals surface area contributed by atoms with Gasteiger partial charge in [0.15, 0.2) is 17.2 Å². The quantitative estimate of drug-likeness (QED) is 0.182. The van der Waals surface area contributed by atoms with Gasteiger partial charge < -0.3 is 58.7 Å². The molecule has 0 aromatic heterocycles. The highest BCUT2D eigenvalue weighted by Gasteiger charge is 2.55. The molecule has 0 aromatic carbocycles. The van der Waals surface area contributed by atoms with Gasteiger partial charge in [-0.1, -0.05) is 45.1 Å². The van der Waals surface area contributed by atoms with Crippen molar-refractivity contribution >= 4 is 5.97 Å². The molecule has 57 heavy (non-hydrogen) atoms. The fourth-order valence-electron chi connectivity index (χ4n) is 10.5. The van der Waals surface area contributed by atoms with E-state index in [-0.39, 0.29) is 36.6 Å². The second-order valence-corrected chi connectivity index (χ2v) is 18.9. The molecular weight excluding hydrogens is 736 g/mol. The van der Waals surface area contributed by atoms with E-state index in [0.29, 0.717) is 56.4 Å². The van der Waals surface area contributed by atoms with Gasteiger partial charge in [-0.15, -0.1) is 0 Å². The number of aliphatic carboxylic acids is 1. The average molecular weight is 805 g/mol. The lowest BCUT2D eigenvalue weighted by Gasteiger charge is -2.50. The second kappa shape index (κ2) is 17.0. The van der Waals surface area contributed by atoms with E-state index in [1.54, 1.807) is 6.08 Å². The van der Waals surface area contributed by atoms with Gasteiger partial charge in [0.05, 0.1) is 43.2 Å². The molecule has 3 unspecified atom stereocenters. The summed E-state index contributed by atoms with van der Waals surface area (Å²) in [5, 5.41) is 54.0. The third-order valence-corrected chi connectivity index (χ3v) is 14.0. The van der Waals surface area contributed by atoms with Gasteiger partial charge in [-0.05, 0) is 95.1 Å². The van der Waals surface area contributed by atoms with E-state index in [4.69, 9.17) is 33.2 Å². The average Bonchev–Trinajstić information content (AvgIpc) is 3.56. The van der Waals surface area contributed by atoms with Crippen LogP contribution in [0.3, 0.4) is 0 Å². The Hall–Kier alpha value is -1.75. The molecule has 0 saturated carbocycles. The molecule has 13 nitrogen and oxygen atoms in total. The van der Waals surface area contributed by atoms with Crippen LogP contribution in [0.4, 0.5) is 0 Å². The van der Waals surface area contributed by atoms with Gasteiger partial charge in [0.2, 0.25) is 5.79 Å². The fraction of sp³-hybridized carbons (Fsp3) is 0.841. The van der Waals surface area contributed by atoms with Crippen molar-refractivity contribution < 1.29 is 63.5 Å². The molecule has 7 aliphatic heterocycles. The summed E-state index contributed by atoms with van der Waals surface area (Å²) in [7, 11) is 0. The van der Waals surface area contributed by atoms with Crippen molar-refractivity contribution in [1.82, 2.24) is 0 Å². The van der Waals surface area contributed by atoms with E-state index in [0.717, 1.165) is 50.7 Å². The number of carboxylic acid groups (broad SMARTS) is 1. The van der Waals surface area contributed by atoms with Crippen molar-refractivity contribution in [3.63, 3.8) is 0 Å². The zero-order valence-corrected chi connectivity index (χ0v) is 34.6. The minimum atomic E-state index is -1.96. The van der Waals surface area contributed by atoms with Gasteiger partial charge in [0, 0.05) is 38.0 Å². The highest BCUT2D eigenvalue weighted by Crippen LogP contribution is 2.47. The normalized spacial score (nSPS) is 45.4. The second-order valence-electron chi connectivity index (χ2n) is 18.9. The molecule has 6 saturated heterocycles. The molecule has 322 valence electrons. The summed E-state index contributed by atoms with van der Waals surface area (Å²) in [6.07, 6.45) is 9.37. The molecule has 5 N–H and O–H groups in total. The summed E-state index contributed by atoms with van der Waals surface area (Å²) in [6.45, 7) is 14.5. The first-order chi connectivity index (χ1) is 26.9. The summed E-state index contributed by atoms with van der Waals surface area (Å²) in [5.41, 5.74) is -0.551. The van der Waals surface area contributed by atoms with Crippen molar-refractivity contribution in [1.29, 1.82) is 0 Å². The molecule has 0 aromatic rings. The van der Waals surface area contributed by atoms with Gasteiger partial charge >= 0.3 is 5.97 Å². The third kappa shape index (κ3) is 9.15. The molecule has 6 fully saturated rings. The number of carbonyl (C=O) groups is 1. The lowest BCUT2D eigenvalue weighted by molar-refractivity contribution is -0.321. The molecule has 17 atom stereocenters. The van der Waals surface area contributed by atoms with Gasteiger partial charge in [0.1, 0.15) is 24.4 Å². The lowest BCUT2D eigenvalue weighted by atomic mass is 9.79. The molecule has 13 heteroatoms. The van der Waals surface area contributed by atoms with E-state index < -0.39 is 71.7 Å². The highest BCUT2D eigenvalue weighted by atomic mass is 16.7. The van der Waals surface area contributed by atoms with Gasteiger partial charge in [0.25, 0.3) is 0 Å². The maximum atomic E-state index is 11.6. The number of ether oxygens (including phenoxy) is 7. The zero-order chi connectivity index (χ0) is 40.9. The summed E-state index contributed by atoms with van der Waals surface area (Å²) in [5.74, 6) is -3.82. The van der Waals surface area contributed by atoms with Gasteiger partial charge in [-0.25, -0.2) is 4.79 Å². The summed E-state index contributed by atoms with van der Waals surface area (Å²) >= 11 is 0. The lowest BCUT2D eigenvalue weighted by Crippen LogP contribution is -2.60. The van der Waals surface area contributed by atoms with Crippen LogP contribution in [0, 0.1) is 17.8 Å². The molecule has 3 spiro atoms. The van der Waals surface area contributed by atoms with Crippen molar-refractivity contribution in [3.05, 3.63) is 36.0 Å². The minimum absolute atomic E-state index is 0.0423. The van der Waals surface area contributed by atoms with Crippen molar-refractivity contribution in [2.45, 2.75) is 209 Å². The fourth-order valence-corrected chi connectivity index (χ4v) is 10.5. The van der Waals surface area contributed by atoms with Crippen LogP contribution in [0.1, 0.15) is 125 Å². The van der Waals surface area contributed by atoms with Crippen LogP contribution in [0.25, 0.3) is 0 Å². The Morgan fingerprint density at radius 2 is 1.75 bits per heavy atom. The smallest absolute Gasteiger partial charge is 0.335 e. The Kier molecular flexibility index (Phi) is 12.9.